The highest BCUT2D eigenvalue weighted by molar-refractivity contribution is 5.86. The number of hydrogen-bond acceptors (Lipinski definition) is 3. The van der Waals surface area contributed by atoms with Crippen LogP contribution in [0.4, 0.5) is 0 Å². The topological polar surface area (TPSA) is 43.4 Å². The van der Waals surface area contributed by atoms with Crippen molar-refractivity contribution < 1.29 is 14.3 Å². The van der Waals surface area contributed by atoms with E-state index in [4.69, 9.17) is 4.74 Å². The van der Waals surface area contributed by atoms with Crippen molar-refractivity contribution in [1.29, 1.82) is 0 Å². The first-order valence-electron chi connectivity index (χ1n) is 11.1. The number of ketones is 1. The number of carbonyl (C=O) groups excluding carboxylic acids is 2. The maximum atomic E-state index is 12.2. The summed E-state index contributed by atoms with van der Waals surface area (Å²) in [6, 6.07) is 0. The molecule has 0 aromatic heterocycles. The first-order chi connectivity index (χ1) is 12.9. The molecule has 0 amide bonds. The van der Waals surface area contributed by atoms with Crippen molar-refractivity contribution >= 4 is 11.8 Å². The zero-order chi connectivity index (χ0) is 18.3. The Kier molecular flexibility index (Phi) is 2.46. The zero-order valence-corrected chi connectivity index (χ0v) is 16.3. The molecule has 1 aliphatic heterocycles. The number of carbonyl (C=O) groups is 2. The van der Waals surface area contributed by atoms with Gasteiger partial charge in [-0.15, -0.1) is 0 Å². The molecule has 7 rings (SSSR count). The van der Waals surface area contributed by atoms with Crippen LogP contribution in [0.15, 0.2) is 23.3 Å². The zero-order valence-electron chi connectivity index (χ0n) is 16.3. The molecule has 0 saturated heterocycles. The van der Waals surface area contributed by atoms with E-state index in [-0.39, 0.29) is 22.4 Å². The van der Waals surface area contributed by atoms with Crippen LogP contribution in [0, 0.1) is 46.3 Å². The van der Waals surface area contributed by atoms with Crippen LogP contribution in [0.25, 0.3) is 0 Å². The van der Waals surface area contributed by atoms with Crippen LogP contribution in [0.2, 0.25) is 0 Å². The molecule has 9 atom stereocenters. The molecular weight excluding hydrogens is 336 g/mol. The third kappa shape index (κ3) is 1.53. The van der Waals surface area contributed by atoms with Gasteiger partial charge in [-0.05, 0) is 73.2 Å². The van der Waals surface area contributed by atoms with Crippen molar-refractivity contribution in [2.24, 2.45) is 46.3 Å². The molecule has 3 unspecified atom stereocenters. The second kappa shape index (κ2) is 4.28. The summed E-state index contributed by atoms with van der Waals surface area (Å²) in [5.74, 6) is 4.54. The molecule has 6 aliphatic carbocycles. The molecule has 7 aliphatic rings. The largest absolute Gasteiger partial charge is 0.451 e. The van der Waals surface area contributed by atoms with Gasteiger partial charge in [0, 0.05) is 30.3 Å². The number of rotatable bonds is 0. The lowest BCUT2D eigenvalue weighted by atomic mass is 9.46. The lowest BCUT2D eigenvalue weighted by Crippen LogP contribution is -2.56. The van der Waals surface area contributed by atoms with Gasteiger partial charge in [0.05, 0.1) is 0 Å². The van der Waals surface area contributed by atoms with Gasteiger partial charge in [-0.3, -0.25) is 4.79 Å². The van der Waals surface area contributed by atoms with Gasteiger partial charge in [0.2, 0.25) is 0 Å². The minimum atomic E-state index is -0.313. The summed E-state index contributed by atoms with van der Waals surface area (Å²) in [4.78, 5) is 24.2. The number of ether oxygens (including phenoxy) is 1. The maximum absolute atomic E-state index is 12.2. The van der Waals surface area contributed by atoms with E-state index in [9.17, 15) is 9.59 Å². The summed E-state index contributed by atoms with van der Waals surface area (Å²) in [5.41, 5.74) is 3.27. The van der Waals surface area contributed by atoms with E-state index >= 15 is 0 Å². The second-order valence-corrected chi connectivity index (χ2v) is 11.2. The molecule has 1 heterocycles. The first-order valence-corrected chi connectivity index (χ1v) is 11.1. The predicted octanol–water partition coefficient (Wildman–Crippen LogP) is 4.23. The Morgan fingerprint density at radius 2 is 2.00 bits per heavy atom. The molecule has 1 spiro atoms. The van der Waals surface area contributed by atoms with Crippen molar-refractivity contribution in [2.45, 2.75) is 64.4 Å². The summed E-state index contributed by atoms with van der Waals surface area (Å²) >= 11 is 0. The summed E-state index contributed by atoms with van der Waals surface area (Å²) in [5, 5.41) is 0. The third-order valence-electron chi connectivity index (χ3n) is 10.5. The second-order valence-electron chi connectivity index (χ2n) is 11.2. The van der Waals surface area contributed by atoms with Crippen LogP contribution < -0.4 is 0 Å². The van der Waals surface area contributed by atoms with Gasteiger partial charge in [0.1, 0.15) is 11.4 Å². The van der Waals surface area contributed by atoms with Crippen LogP contribution >= 0.6 is 0 Å². The highest BCUT2D eigenvalue weighted by atomic mass is 16.6. The van der Waals surface area contributed by atoms with Crippen molar-refractivity contribution in [1.82, 2.24) is 0 Å². The van der Waals surface area contributed by atoms with Crippen molar-refractivity contribution in [3.05, 3.63) is 23.3 Å². The molecule has 0 bridgehead atoms. The van der Waals surface area contributed by atoms with Crippen LogP contribution in [-0.2, 0) is 14.3 Å². The molecule has 0 aromatic rings. The number of allylic oxidation sites excluding steroid dienone is 2. The van der Waals surface area contributed by atoms with Gasteiger partial charge in [-0.2, -0.15) is 0 Å². The fourth-order valence-corrected chi connectivity index (χ4v) is 9.26. The van der Waals surface area contributed by atoms with Crippen LogP contribution in [0.5, 0.6) is 0 Å². The summed E-state index contributed by atoms with van der Waals surface area (Å²) in [6.45, 7) is 4.93. The van der Waals surface area contributed by atoms with E-state index in [2.05, 4.69) is 19.9 Å². The Bertz CT molecular complexity index is 882. The molecule has 3 heteroatoms. The SMILES string of the molecule is C[C@]12CCC(=O)CC1=C1C[C@@H]1C1C2CC[C@@]2(C)C1[C@@H]1C[C@@H]1[C@@]21C=CC(=O)O1. The molecule has 142 valence electrons. The van der Waals surface area contributed by atoms with Gasteiger partial charge >= 0.3 is 5.97 Å². The predicted molar refractivity (Wildman–Crippen MR) is 99.5 cm³/mol. The van der Waals surface area contributed by atoms with E-state index in [0.29, 0.717) is 17.6 Å². The molecule has 5 saturated carbocycles. The van der Waals surface area contributed by atoms with Crippen molar-refractivity contribution in [3.8, 4) is 0 Å². The quantitative estimate of drug-likeness (QED) is 0.477. The Balaban J connectivity index is 1.35. The van der Waals surface area contributed by atoms with Crippen LogP contribution in [-0.4, -0.2) is 17.4 Å². The van der Waals surface area contributed by atoms with E-state index in [1.807, 2.05) is 0 Å². The monoisotopic (exact) mass is 364 g/mol. The molecular formula is C24H28O3. The molecule has 3 nitrogen and oxygen atoms in total. The van der Waals surface area contributed by atoms with E-state index in [1.165, 1.54) is 25.7 Å². The van der Waals surface area contributed by atoms with Gasteiger partial charge in [0.25, 0.3) is 0 Å². The minimum Gasteiger partial charge on any atom is -0.451 e. The first kappa shape index (κ1) is 15.5. The van der Waals surface area contributed by atoms with Gasteiger partial charge < -0.3 is 4.74 Å². The highest BCUT2D eigenvalue weighted by Crippen LogP contribution is 2.81. The normalized spacial score (nSPS) is 59.0. The fourth-order valence-electron chi connectivity index (χ4n) is 9.26. The minimum absolute atomic E-state index is 0.108. The van der Waals surface area contributed by atoms with Crippen molar-refractivity contribution in [3.63, 3.8) is 0 Å². The average molecular weight is 364 g/mol. The molecule has 27 heavy (non-hydrogen) atoms. The molecule has 0 aromatic carbocycles. The smallest absolute Gasteiger partial charge is 0.331 e. The average Bonchev–Trinajstić information content (AvgIpc) is 3.53. The number of hydrogen-bond donors (Lipinski definition) is 0. The van der Waals surface area contributed by atoms with Crippen LogP contribution in [0.3, 0.4) is 0 Å². The van der Waals surface area contributed by atoms with Gasteiger partial charge in [0.15, 0.2) is 0 Å². The summed E-state index contributed by atoms with van der Waals surface area (Å²) in [6.07, 6.45) is 11.3. The number of Topliss-reactive ketones (excluding diaryl/α,β-unsaturated/α-hetero) is 1. The van der Waals surface area contributed by atoms with E-state index in [1.54, 1.807) is 17.2 Å². The lowest BCUT2D eigenvalue weighted by molar-refractivity contribution is -0.169. The Morgan fingerprint density at radius 1 is 1.15 bits per heavy atom. The van der Waals surface area contributed by atoms with Gasteiger partial charge in [-0.1, -0.05) is 25.0 Å². The van der Waals surface area contributed by atoms with E-state index < -0.39 is 0 Å². The Labute approximate surface area is 160 Å². The van der Waals surface area contributed by atoms with Gasteiger partial charge in [-0.25, -0.2) is 4.79 Å². The van der Waals surface area contributed by atoms with Crippen molar-refractivity contribution in [2.75, 3.05) is 0 Å². The standard InChI is InChI=1S/C24H28O3/c1-22-6-3-12(25)9-17(22)13-10-14(13)20-16(22)4-7-23(2)21(20)15-11-18(15)24(23)8-5-19(26)27-24/h5,8,14-16,18,20-21H,3-4,6-7,9-11H2,1-2H3/t14-,15+,16?,18-,20?,21?,22+,23-,24-/m0/s1. The third-order valence-corrected chi connectivity index (χ3v) is 10.5. The summed E-state index contributed by atoms with van der Waals surface area (Å²) < 4.78 is 6.10. The number of fused-ring (bicyclic) bond motifs is 11. The Morgan fingerprint density at radius 3 is 2.78 bits per heavy atom. The molecule has 0 N–H and O–H groups in total. The maximum Gasteiger partial charge on any atom is 0.331 e. The fraction of sp³-hybridized carbons (Fsp3) is 0.750. The molecule has 0 radical (unpaired) electrons. The Hall–Kier alpha value is -1.38. The van der Waals surface area contributed by atoms with E-state index in [0.717, 1.165) is 42.9 Å². The highest BCUT2D eigenvalue weighted by Gasteiger charge is 2.79. The lowest BCUT2D eigenvalue weighted by Gasteiger charge is -2.59. The summed E-state index contributed by atoms with van der Waals surface area (Å²) in [7, 11) is 0. The number of esters is 1. The molecule has 5 fully saturated rings. The van der Waals surface area contributed by atoms with Crippen LogP contribution in [0.1, 0.15) is 58.8 Å².